The van der Waals surface area contributed by atoms with Gasteiger partial charge >= 0.3 is 13.8 Å². The number of benzene rings is 1. The highest BCUT2D eigenvalue weighted by Crippen LogP contribution is 2.62. The molecule has 27 heteroatoms. The molecule has 0 amide bonds. The van der Waals surface area contributed by atoms with Crippen LogP contribution in [0.25, 0.3) is 22.3 Å². The van der Waals surface area contributed by atoms with Crippen LogP contribution in [0.15, 0.2) is 48.0 Å². The number of esters is 1. The Balaban J connectivity index is 1.03. The smallest absolute Gasteiger partial charge is 0.427 e. The maximum Gasteiger partial charge on any atom is 0.472 e. The molecule has 3 fully saturated rings. The number of nitrogens with one attached hydrogen (secondary N) is 1. The quantitative estimate of drug-likeness (QED) is 0.0453. The summed E-state index contributed by atoms with van der Waals surface area (Å²) in [6, 6.07) is 6.54. The van der Waals surface area contributed by atoms with Crippen LogP contribution in [0.2, 0.25) is 0 Å². The van der Waals surface area contributed by atoms with Crippen molar-refractivity contribution >= 4 is 65.8 Å². The summed E-state index contributed by atoms with van der Waals surface area (Å²) < 4.78 is 104. The molecular weight excluding hydrogens is 920 g/mol. The number of halogens is 2. The van der Waals surface area contributed by atoms with E-state index in [0.717, 1.165) is 54.3 Å². The number of ether oxygens (including phenoxy) is 4. The molecule has 352 valence electrons. The molecule has 2 unspecified atom stereocenters. The van der Waals surface area contributed by atoms with Gasteiger partial charge in [-0.2, -0.15) is 4.98 Å². The number of phosphoric acid groups is 1. The molecule has 8 rings (SSSR count). The summed E-state index contributed by atoms with van der Waals surface area (Å²) in [6.45, 7) is -3.55. The largest absolute Gasteiger partial charge is 0.472 e. The van der Waals surface area contributed by atoms with Gasteiger partial charge in [0, 0.05) is 12.2 Å². The van der Waals surface area contributed by atoms with Crippen LogP contribution in [-0.4, -0.2) is 106 Å². The minimum Gasteiger partial charge on any atom is -0.427 e. The van der Waals surface area contributed by atoms with Gasteiger partial charge in [-0.1, -0.05) is 69.0 Å². The molecule has 3 saturated heterocycles. The second-order valence-electron chi connectivity index (χ2n) is 15.6. The van der Waals surface area contributed by atoms with E-state index in [2.05, 4.69) is 36.8 Å². The molecule has 0 saturated carbocycles. The number of aromatic amines is 1. The molecule has 7 heterocycles. The summed E-state index contributed by atoms with van der Waals surface area (Å²) in [5, 5.41) is 0. The molecule has 22 nitrogen and oxygen atoms in total. The predicted octanol–water partition coefficient (Wildman–Crippen LogP) is 5.64. The standard InChI is InChI=1S/C38H48F2N10O12P2S/c1-2-3-4-5-6-7-8-9-25(51)59-22-12-10-21(11-13-22)16-65-63(53)20-56-30-24(61-36(27(30)40)49-18-45-28-32(41)43-17-44-33(28)49)15-58-64(54,55)62-31-26(39)23(14-57-63)60-37(31)50-19-46-29-34(50)47-38(42)48-35(29)52/h10-13,17-19,23-24,26-27,30-31,36-37H,2-9,14-16,20H2,1H3,(H,54,55)(H2,41,43,44)(H3,42,47,48,52)/t23-,24-,26-,27-,30-,31-,36-,37-,63?/m1/s1. The Morgan fingerprint density at radius 1 is 0.892 bits per heavy atom. The number of nitrogen functional groups attached to an aromatic ring is 2. The molecule has 0 aliphatic carbocycles. The number of alkyl halides is 2. The van der Waals surface area contributed by atoms with Crippen molar-refractivity contribution in [2.75, 3.05) is 31.0 Å². The van der Waals surface area contributed by atoms with Crippen LogP contribution >= 0.6 is 25.8 Å². The summed E-state index contributed by atoms with van der Waals surface area (Å²) in [5.41, 5.74) is 11.5. The van der Waals surface area contributed by atoms with Gasteiger partial charge in [-0.15, -0.1) is 0 Å². The van der Waals surface area contributed by atoms with Gasteiger partial charge < -0.3 is 39.8 Å². The van der Waals surface area contributed by atoms with Gasteiger partial charge in [0.05, 0.1) is 25.9 Å². The number of carbonyl (C=O) groups excluding carboxylic acids is 1. The van der Waals surface area contributed by atoms with E-state index in [1.165, 1.54) is 30.2 Å². The van der Waals surface area contributed by atoms with Crippen LogP contribution in [0.4, 0.5) is 20.5 Å². The molecule has 6 N–H and O–H groups in total. The molecule has 4 aromatic heterocycles. The highest BCUT2D eigenvalue weighted by molar-refractivity contribution is 8.56. The highest BCUT2D eigenvalue weighted by atomic mass is 32.7. The maximum atomic E-state index is 16.7. The fraction of sp³-hybridized carbons (Fsp3) is 0.553. The van der Waals surface area contributed by atoms with Crippen molar-refractivity contribution in [3.63, 3.8) is 0 Å². The second-order valence-corrected chi connectivity index (χ2v) is 21.8. The fourth-order valence-electron chi connectivity index (χ4n) is 7.67. The zero-order chi connectivity index (χ0) is 45.9. The summed E-state index contributed by atoms with van der Waals surface area (Å²) in [6.07, 6.45) is -3.67. The zero-order valence-electron chi connectivity index (χ0n) is 34.9. The molecule has 3 aliphatic heterocycles. The van der Waals surface area contributed by atoms with E-state index < -0.39 is 88.7 Å². The Labute approximate surface area is 373 Å². The Hall–Kier alpha value is -4.42. The predicted molar refractivity (Wildman–Crippen MR) is 230 cm³/mol. The van der Waals surface area contributed by atoms with Gasteiger partial charge in [0.2, 0.25) is 5.95 Å². The molecular formula is C38H48F2N10O12P2S. The van der Waals surface area contributed by atoms with Crippen molar-refractivity contribution < 1.29 is 60.1 Å². The minimum atomic E-state index is -5.26. The van der Waals surface area contributed by atoms with Crippen molar-refractivity contribution in [3.05, 3.63) is 59.2 Å². The molecule has 3 aliphatic rings. The first kappa shape index (κ1) is 47.1. The average molecular weight is 969 g/mol. The zero-order valence-corrected chi connectivity index (χ0v) is 37.5. The van der Waals surface area contributed by atoms with Gasteiger partial charge in [-0.3, -0.25) is 37.3 Å². The van der Waals surface area contributed by atoms with Crippen LogP contribution in [0, 0.1) is 0 Å². The van der Waals surface area contributed by atoms with Gasteiger partial charge in [0.15, 0.2) is 47.4 Å². The monoisotopic (exact) mass is 968 g/mol. The lowest BCUT2D eigenvalue weighted by Gasteiger charge is -2.26. The molecule has 5 aromatic rings. The molecule has 2 bridgehead atoms. The summed E-state index contributed by atoms with van der Waals surface area (Å²) in [5.74, 6) is -0.281. The Morgan fingerprint density at radius 2 is 1.58 bits per heavy atom. The number of anilines is 2. The van der Waals surface area contributed by atoms with E-state index in [-0.39, 0.29) is 52.2 Å². The second kappa shape index (κ2) is 20.2. The number of hydrogen-bond donors (Lipinski definition) is 4. The van der Waals surface area contributed by atoms with Crippen LogP contribution in [0.1, 0.15) is 76.3 Å². The van der Waals surface area contributed by atoms with Crippen molar-refractivity contribution in [1.82, 2.24) is 39.0 Å². The molecule has 65 heavy (non-hydrogen) atoms. The van der Waals surface area contributed by atoms with Gasteiger partial charge in [-0.05, 0) is 24.1 Å². The number of fused-ring (bicyclic) bond motifs is 5. The van der Waals surface area contributed by atoms with Gasteiger partial charge in [-0.25, -0.2) is 33.3 Å². The lowest BCUT2D eigenvalue weighted by Crippen LogP contribution is -2.36. The van der Waals surface area contributed by atoms with E-state index in [1.54, 1.807) is 24.3 Å². The third-order valence-corrected chi connectivity index (χ3v) is 16.1. The fourth-order valence-corrected chi connectivity index (χ4v) is 11.9. The van der Waals surface area contributed by atoms with Crippen LogP contribution < -0.4 is 21.8 Å². The maximum absolute atomic E-state index is 16.7. The third-order valence-electron chi connectivity index (χ3n) is 11.0. The number of rotatable bonds is 14. The third kappa shape index (κ3) is 10.7. The number of H-pyrrole nitrogens is 1. The number of unbranched alkanes of at least 4 members (excludes halogenated alkanes) is 6. The number of nitrogens with two attached hydrogens (primary N) is 2. The van der Waals surface area contributed by atoms with Crippen molar-refractivity contribution in [1.29, 1.82) is 0 Å². The lowest BCUT2D eigenvalue weighted by molar-refractivity contribution is -0.134. The summed E-state index contributed by atoms with van der Waals surface area (Å²) >= 11 is 0.810. The van der Waals surface area contributed by atoms with Crippen LogP contribution in [0.5, 0.6) is 5.75 Å². The Morgan fingerprint density at radius 3 is 2.35 bits per heavy atom. The number of hydrogen-bond acceptors (Lipinski definition) is 19. The topological polar surface area (TPSA) is 295 Å². The number of nitrogens with zero attached hydrogens (tertiary/aromatic N) is 7. The van der Waals surface area contributed by atoms with E-state index >= 15 is 8.78 Å². The summed E-state index contributed by atoms with van der Waals surface area (Å²) in [4.78, 5) is 58.7. The Kier molecular flexibility index (Phi) is 14.6. The van der Waals surface area contributed by atoms with E-state index in [4.69, 9.17) is 44.0 Å². The molecule has 10 atom stereocenters. The van der Waals surface area contributed by atoms with E-state index in [0.29, 0.717) is 11.3 Å². The van der Waals surface area contributed by atoms with E-state index in [1.807, 2.05) is 0 Å². The van der Waals surface area contributed by atoms with Gasteiger partial charge in [0.1, 0.15) is 48.4 Å². The number of phosphoric ester groups is 1. The van der Waals surface area contributed by atoms with Crippen LogP contribution in [-0.2, 0) is 47.5 Å². The first-order valence-electron chi connectivity index (χ1n) is 20.9. The molecule has 0 radical (unpaired) electrons. The SMILES string of the molecule is CCCCCCCCCC(=O)Oc1ccc(CSP2(=O)CO[C@H]3[C@@H](F)[C@H](n4cnc5c(N)ncnc54)O[C@@H]3COP(=O)(O)O[C@@H]3[C@H](F)[C@@H](CO2)O[C@H]3n2cnc3c(=O)[nH]c(N)nc32)cc1. The average Bonchev–Trinajstić information content (AvgIpc) is 4.05. The van der Waals surface area contributed by atoms with Crippen molar-refractivity contribution in [2.45, 2.75) is 113 Å². The lowest BCUT2D eigenvalue weighted by atomic mass is 10.1. The van der Waals surface area contributed by atoms with Gasteiger partial charge in [0.25, 0.3) is 12.1 Å². The van der Waals surface area contributed by atoms with Crippen molar-refractivity contribution in [2.24, 2.45) is 0 Å². The van der Waals surface area contributed by atoms with Crippen LogP contribution in [0.3, 0.4) is 0 Å². The highest BCUT2D eigenvalue weighted by Gasteiger charge is 2.54. The molecule has 1 aromatic carbocycles. The summed E-state index contributed by atoms with van der Waals surface area (Å²) in [7, 11) is -5.26. The number of imidazole rings is 2. The van der Waals surface area contributed by atoms with E-state index in [9.17, 15) is 23.6 Å². The number of carbonyl (C=O) groups is 1. The first-order chi connectivity index (χ1) is 31.2. The first-order valence-corrected chi connectivity index (χ1v) is 25.8. The minimum absolute atomic E-state index is 0.0146. The Bertz CT molecular complexity index is 2630. The molecule has 0 spiro atoms. The number of aromatic nitrogens is 8. The van der Waals surface area contributed by atoms with Crippen molar-refractivity contribution in [3.8, 4) is 5.75 Å². The normalized spacial score (nSPS) is 29.8.